The second-order valence-electron chi connectivity index (χ2n) is 8.69. The normalized spacial score (nSPS) is 20.3. The van der Waals surface area contributed by atoms with E-state index in [-0.39, 0.29) is 29.7 Å². The molecule has 6 nitrogen and oxygen atoms in total. The average Bonchev–Trinajstić information content (AvgIpc) is 3.48. The molecular formula is C22H34N4O2. The number of nitrogens with zero attached hydrogens (tertiary/aromatic N) is 2. The van der Waals surface area contributed by atoms with Crippen LogP contribution in [0.2, 0.25) is 0 Å². The zero-order valence-electron chi connectivity index (χ0n) is 17.6. The molecule has 2 aliphatic rings. The summed E-state index contributed by atoms with van der Waals surface area (Å²) in [5, 5.41) is 3.49. The number of carbonyl (C=O) groups is 2. The highest BCUT2D eigenvalue weighted by molar-refractivity contribution is 6.05. The van der Waals surface area contributed by atoms with Crippen LogP contribution in [0.3, 0.4) is 0 Å². The highest BCUT2D eigenvalue weighted by Crippen LogP contribution is 2.41. The van der Waals surface area contributed by atoms with E-state index < -0.39 is 0 Å². The van der Waals surface area contributed by atoms with E-state index in [4.69, 9.17) is 5.73 Å². The van der Waals surface area contributed by atoms with E-state index in [1.165, 1.54) is 0 Å². The maximum atomic E-state index is 12.9. The number of carbonyl (C=O) groups excluding carboxylic acids is 2. The minimum absolute atomic E-state index is 0.00833. The highest BCUT2D eigenvalue weighted by atomic mass is 16.2. The molecule has 154 valence electrons. The predicted molar refractivity (Wildman–Crippen MR) is 114 cm³/mol. The van der Waals surface area contributed by atoms with Gasteiger partial charge in [-0.25, -0.2) is 0 Å². The Kier molecular flexibility index (Phi) is 6.40. The van der Waals surface area contributed by atoms with Crippen molar-refractivity contribution in [3.8, 4) is 0 Å². The lowest BCUT2D eigenvalue weighted by atomic mass is 9.95. The fraction of sp³-hybridized carbons (Fsp3) is 0.636. The molecule has 1 fully saturated rings. The van der Waals surface area contributed by atoms with Crippen LogP contribution >= 0.6 is 0 Å². The molecular weight excluding hydrogens is 352 g/mol. The Morgan fingerprint density at radius 3 is 2.50 bits per heavy atom. The van der Waals surface area contributed by atoms with Gasteiger partial charge in [0.1, 0.15) is 0 Å². The van der Waals surface area contributed by atoms with Crippen LogP contribution in [-0.2, 0) is 9.59 Å². The summed E-state index contributed by atoms with van der Waals surface area (Å²) in [5.41, 5.74) is 8.86. The Bertz CT molecular complexity index is 729. The number of hydrogen-bond donors (Lipinski definition) is 2. The van der Waals surface area contributed by atoms with E-state index in [0.29, 0.717) is 19.0 Å². The molecule has 2 amide bonds. The lowest BCUT2D eigenvalue weighted by Crippen LogP contribution is -2.51. The van der Waals surface area contributed by atoms with Crippen LogP contribution < -0.4 is 20.9 Å². The molecule has 2 atom stereocenters. The number of hydrogen-bond acceptors (Lipinski definition) is 4. The van der Waals surface area contributed by atoms with E-state index in [1.807, 2.05) is 22.8 Å². The maximum Gasteiger partial charge on any atom is 0.230 e. The standard InChI is InChI=1S/C22H34N4O2/c1-14(2)11-24-12-19(10-23)18-7-8-20-21(9-18)25(22(28)17-5-6-17)13-15(3)26(20)16(4)27/h7-9,14-15,17,19,24H,5-6,10-13,23H2,1-4H3/t15-,19?/m0/s1. The van der Waals surface area contributed by atoms with Crippen molar-refractivity contribution in [1.29, 1.82) is 0 Å². The Morgan fingerprint density at radius 2 is 1.93 bits per heavy atom. The molecule has 3 rings (SSSR count). The van der Waals surface area contributed by atoms with E-state index >= 15 is 0 Å². The molecule has 1 saturated carbocycles. The van der Waals surface area contributed by atoms with Crippen LogP contribution in [0.4, 0.5) is 11.4 Å². The van der Waals surface area contributed by atoms with Gasteiger partial charge in [-0.15, -0.1) is 0 Å². The lowest BCUT2D eigenvalue weighted by Gasteiger charge is -2.41. The summed E-state index contributed by atoms with van der Waals surface area (Å²) in [6.07, 6.45) is 1.94. The Hall–Kier alpha value is -1.92. The fourth-order valence-corrected chi connectivity index (χ4v) is 4.02. The van der Waals surface area contributed by atoms with Crippen LogP contribution in [0.15, 0.2) is 18.2 Å². The Morgan fingerprint density at radius 1 is 1.21 bits per heavy atom. The quantitative estimate of drug-likeness (QED) is 0.755. The molecule has 1 aliphatic carbocycles. The predicted octanol–water partition coefficient (Wildman–Crippen LogP) is 2.47. The summed E-state index contributed by atoms with van der Waals surface area (Å²) >= 11 is 0. The minimum Gasteiger partial charge on any atom is -0.330 e. The van der Waals surface area contributed by atoms with E-state index in [2.05, 4.69) is 31.3 Å². The van der Waals surface area contributed by atoms with Crippen molar-refractivity contribution >= 4 is 23.2 Å². The molecule has 1 aromatic carbocycles. The number of rotatable bonds is 7. The number of nitrogens with two attached hydrogens (primary N) is 1. The third-order valence-electron chi connectivity index (χ3n) is 5.67. The van der Waals surface area contributed by atoms with E-state index in [1.54, 1.807) is 6.92 Å². The molecule has 6 heteroatoms. The first-order valence-corrected chi connectivity index (χ1v) is 10.5. The topological polar surface area (TPSA) is 78.7 Å². The number of amides is 2. The zero-order chi connectivity index (χ0) is 20.4. The van der Waals surface area contributed by atoms with Crippen molar-refractivity contribution < 1.29 is 9.59 Å². The molecule has 28 heavy (non-hydrogen) atoms. The summed E-state index contributed by atoms with van der Waals surface area (Å²) in [7, 11) is 0. The zero-order valence-corrected chi connectivity index (χ0v) is 17.6. The highest BCUT2D eigenvalue weighted by Gasteiger charge is 2.39. The molecule has 3 N–H and O–H groups in total. The minimum atomic E-state index is -0.0310. The van der Waals surface area contributed by atoms with Gasteiger partial charge < -0.3 is 20.9 Å². The van der Waals surface area contributed by atoms with Crippen molar-refractivity contribution in [3.05, 3.63) is 23.8 Å². The van der Waals surface area contributed by atoms with Gasteiger partial charge in [-0.1, -0.05) is 19.9 Å². The van der Waals surface area contributed by atoms with Crippen molar-refractivity contribution in [1.82, 2.24) is 5.32 Å². The van der Waals surface area contributed by atoms with Crippen molar-refractivity contribution in [3.63, 3.8) is 0 Å². The first kappa shape index (κ1) is 20.8. The number of anilines is 2. The molecule has 1 aromatic rings. The first-order chi connectivity index (χ1) is 13.3. The summed E-state index contributed by atoms with van der Waals surface area (Å²) in [6, 6.07) is 6.09. The van der Waals surface area contributed by atoms with Gasteiger partial charge in [0.15, 0.2) is 0 Å². The van der Waals surface area contributed by atoms with Gasteiger partial charge in [0.2, 0.25) is 11.8 Å². The molecule has 0 radical (unpaired) electrons. The molecule has 1 heterocycles. The summed E-state index contributed by atoms with van der Waals surface area (Å²) in [5.74, 6) is 1.10. The number of fused-ring (bicyclic) bond motifs is 1. The first-order valence-electron chi connectivity index (χ1n) is 10.5. The van der Waals surface area contributed by atoms with Gasteiger partial charge in [-0.05, 0) is 49.9 Å². The smallest absolute Gasteiger partial charge is 0.230 e. The van der Waals surface area contributed by atoms with Gasteiger partial charge >= 0.3 is 0 Å². The average molecular weight is 387 g/mol. The van der Waals surface area contributed by atoms with Crippen LogP contribution in [0.1, 0.15) is 52.0 Å². The van der Waals surface area contributed by atoms with Crippen LogP contribution in [0.25, 0.3) is 0 Å². The largest absolute Gasteiger partial charge is 0.330 e. The fourth-order valence-electron chi connectivity index (χ4n) is 4.02. The summed E-state index contributed by atoms with van der Waals surface area (Å²) in [6.45, 7) is 10.8. The maximum absolute atomic E-state index is 12.9. The van der Waals surface area contributed by atoms with Gasteiger partial charge in [0, 0.05) is 38.4 Å². The Balaban J connectivity index is 1.92. The summed E-state index contributed by atoms with van der Waals surface area (Å²) < 4.78 is 0. The lowest BCUT2D eigenvalue weighted by molar-refractivity contribution is -0.120. The van der Waals surface area contributed by atoms with Crippen molar-refractivity contribution in [2.75, 3.05) is 36.0 Å². The van der Waals surface area contributed by atoms with Crippen molar-refractivity contribution in [2.24, 2.45) is 17.6 Å². The second kappa shape index (κ2) is 8.62. The van der Waals surface area contributed by atoms with Gasteiger partial charge in [-0.2, -0.15) is 0 Å². The van der Waals surface area contributed by atoms with Gasteiger partial charge in [0.25, 0.3) is 0 Å². The van der Waals surface area contributed by atoms with Crippen molar-refractivity contribution in [2.45, 2.75) is 52.5 Å². The van der Waals surface area contributed by atoms with Crippen LogP contribution in [-0.4, -0.2) is 44.0 Å². The molecule has 1 unspecified atom stereocenters. The molecule has 1 aliphatic heterocycles. The monoisotopic (exact) mass is 386 g/mol. The molecule has 0 spiro atoms. The Labute approximate surface area is 168 Å². The van der Waals surface area contributed by atoms with Gasteiger partial charge in [-0.3, -0.25) is 9.59 Å². The number of benzene rings is 1. The van der Waals surface area contributed by atoms with Crippen LogP contribution in [0.5, 0.6) is 0 Å². The second-order valence-corrected chi connectivity index (χ2v) is 8.69. The van der Waals surface area contributed by atoms with E-state index in [9.17, 15) is 9.59 Å². The molecule has 0 saturated heterocycles. The third kappa shape index (κ3) is 4.39. The van der Waals surface area contributed by atoms with Crippen LogP contribution in [0, 0.1) is 11.8 Å². The summed E-state index contributed by atoms with van der Waals surface area (Å²) in [4.78, 5) is 28.9. The molecule has 0 bridgehead atoms. The SMILES string of the molecule is CC(=O)N1c2ccc(C(CN)CNCC(C)C)cc2N(C(=O)C2CC2)C[C@@H]1C. The number of nitrogens with one attached hydrogen (secondary N) is 1. The van der Waals surface area contributed by atoms with E-state index in [0.717, 1.165) is 42.9 Å². The third-order valence-corrected chi connectivity index (χ3v) is 5.67. The van der Waals surface area contributed by atoms with Gasteiger partial charge in [0.05, 0.1) is 17.4 Å². The molecule has 0 aromatic heterocycles.